The fourth-order valence-corrected chi connectivity index (χ4v) is 5.35. The Morgan fingerprint density at radius 3 is 2.39 bits per heavy atom. The van der Waals surface area contributed by atoms with Gasteiger partial charge in [-0.05, 0) is 61.9 Å². The molecule has 0 spiro atoms. The third-order valence-corrected chi connectivity index (χ3v) is 7.48. The number of fused-ring (bicyclic) bond motifs is 1. The van der Waals surface area contributed by atoms with E-state index in [0.717, 1.165) is 36.7 Å². The van der Waals surface area contributed by atoms with Gasteiger partial charge >= 0.3 is 5.69 Å². The fraction of sp³-hybridized carbons (Fsp3) is 0.296. The van der Waals surface area contributed by atoms with Crippen molar-refractivity contribution in [1.82, 2.24) is 29.7 Å². The van der Waals surface area contributed by atoms with Crippen LogP contribution < -0.4 is 16.3 Å². The first kappa shape index (κ1) is 25.9. The molecule has 0 bridgehead atoms. The van der Waals surface area contributed by atoms with Gasteiger partial charge in [0.1, 0.15) is 10.8 Å². The Hall–Kier alpha value is -3.69. The minimum atomic E-state index is -0.288. The van der Waals surface area contributed by atoms with Gasteiger partial charge in [-0.15, -0.1) is 0 Å². The second-order valence-electron chi connectivity index (χ2n) is 9.38. The lowest BCUT2D eigenvalue weighted by Crippen LogP contribution is -2.38. The van der Waals surface area contributed by atoms with Gasteiger partial charge < -0.3 is 10.6 Å². The summed E-state index contributed by atoms with van der Waals surface area (Å²) in [5.74, 6) is -0.292. The van der Waals surface area contributed by atoms with Crippen LogP contribution in [0.4, 0.5) is 0 Å². The standard InChI is InChI=1S/C27H26Cl2N6O3/c1-30-26(37)21-11-10-19(14-31-21)35-23-5-3-2-4-22(23)34(27(35)38)15-16-6-8-18(9-7-16)33-25(36)20-12-17(28)13-32-24(20)29/h2-5,10-14,16,18H,6-9,15H2,1H3,(H,30,37)(H,33,36)/t16-,18-. The highest BCUT2D eigenvalue weighted by molar-refractivity contribution is 6.34. The summed E-state index contributed by atoms with van der Waals surface area (Å²) in [7, 11) is 1.55. The van der Waals surface area contributed by atoms with E-state index >= 15 is 0 Å². The molecule has 3 heterocycles. The molecule has 0 atom stereocenters. The molecule has 0 saturated heterocycles. The van der Waals surface area contributed by atoms with Gasteiger partial charge in [0.15, 0.2) is 0 Å². The fourth-order valence-electron chi connectivity index (χ4n) is 5.01. The van der Waals surface area contributed by atoms with E-state index in [1.807, 2.05) is 28.8 Å². The van der Waals surface area contributed by atoms with Crippen molar-refractivity contribution in [2.75, 3.05) is 7.05 Å². The van der Waals surface area contributed by atoms with Crippen molar-refractivity contribution in [1.29, 1.82) is 0 Å². The van der Waals surface area contributed by atoms with Crippen LogP contribution in [0, 0.1) is 5.92 Å². The number of hydrogen-bond acceptors (Lipinski definition) is 5. The van der Waals surface area contributed by atoms with Crippen LogP contribution in [0.1, 0.15) is 46.5 Å². The molecule has 1 fully saturated rings. The second kappa shape index (κ2) is 11.0. The molecule has 1 aliphatic carbocycles. The van der Waals surface area contributed by atoms with Crippen LogP contribution in [0.5, 0.6) is 0 Å². The van der Waals surface area contributed by atoms with Crippen LogP contribution >= 0.6 is 23.2 Å². The van der Waals surface area contributed by atoms with Gasteiger partial charge in [-0.3, -0.25) is 18.7 Å². The van der Waals surface area contributed by atoms with Crippen molar-refractivity contribution in [2.45, 2.75) is 38.3 Å². The molecule has 1 aliphatic rings. The number of imidazole rings is 1. The first-order chi connectivity index (χ1) is 18.4. The van der Waals surface area contributed by atoms with E-state index in [2.05, 4.69) is 20.6 Å². The van der Waals surface area contributed by atoms with Gasteiger partial charge in [-0.1, -0.05) is 35.3 Å². The third-order valence-electron chi connectivity index (χ3n) is 6.97. The lowest BCUT2D eigenvalue weighted by Gasteiger charge is -2.29. The number of hydrogen-bond donors (Lipinski definition) is 2. The molecule has 4 aromatic rings. The van der Waals surface area contributed by atoms with Crippen molar-refractivity contribution >= 4 is 46.0 Å². The molecule has 11 heteroatoms. The number of benzene rings is 1. The van der Waals surface area contributed by atoms with Crippen molar-refractivity contribution < 1.29 is 9.59 Å². The molecule has 0 radical (unpaired) electrons. The van der Waals surface area contributed by atoms with E-state index < -0.39 is 0 Å². The number of nitrogens with one attached hydrogen (secondary N) is 2. The number of carbonyl (C=O) groups is 2. The summed E-state index contributed by atoms with van der Waals surface area (Å²) in [4.78, 5) is 46.3. The maximum Gasteiger partial charge on any atom is 0.333 e. The van der Waals surface area contributed by atoms with E-state index in [1.165, 1.54) is 12.3 Å². The van der Waals surface area contributed by atoms with Gasteiger partial charge in [-0.2, -0.15) is 0 Å². The first-order valence-corrected chi connectivity index (χ1v) is 13.1. The average Bonchev–Trinajstić information content (AvgIpc) is 3.21. The Labute approximate surface area is 228 Å². The van der Waals surface area contributed by atoms with Crippen LogP contribution in [0.2, 0.25) is 10.2 Å². The Kier molecular flexibility index (Phi) is 7.49. The Morgan fingerprint density at radius 1 is 0.974 bits per heavy atom. The van der Waals surface area contributed by atoms with Crippen LogP contribution in [0.25, 0.3) is 16.7 Å². The molecule has 1 saturated carbocycles. The second-order valence-corrected chi connectivity index (χ2v) is 10.2. The Morgan fingerprint density at radius 2 is 1.71 bits per heavy atom. The predicted octanol–water partition coefficient (Wildman–Crippen LogP) is 4.24. The molecule has 2 N–H and O–H groups in total. The molecule has 3 aromatic heterocycles. The number of rotatable bonds is 6. The third kappa shape index (κ3) is 5.16. The van der Waals surface area contributed by atoms with Crippen molar-refractivity contribution in [3.8, 4) is 5.69 Å². The summed E-state index contributed by atoms with van der Waals surface area (Å²) in [5, 5.41) is 6.06. The molecular formula is C27H26Cl2N6O3. The lowest BCUT2D eigenvalue weighted by molar-refractivity contribution is 0.0918. The number of para-hydroxylation sites is 2. The van der Waals surface area contributed by atoms with Crippen molar-refractivity contribution in [3.05, 3.63) is 86.8 Å². The smallest absolute Gasteiger partial charge is 0.333 e. The topological polar surface area (TPSA) is 111 Å². The first-order valence-electron chi connectivity index (χ1n) is 12.4. The zero-order valence-corrected chi connectivity index (χ0v) is 22.2. The van der Waals surface area contributed by atoms with Crippen LogP contribution in [-0.4, -0.2) is 44.0 Å². The van der Waals surface area contributed by atoms with Gasteiger partial charge in [-0.25, -0.2) is 14.8 Å². The normalized spacial score (nSPS) is 17.3. The minimum Gasteiger partial charge on any atom is -0.354 e. The molecular weight excluding hydrogens is 527 g/mol. The maximum absolute atomic E-state index is 13.6. The molecule has 9 nitrogen and oxygen atoms in total. The number of amides is 2. The van der Waals surface area contributed by atoms with Crippen LogP contribution in [-0.2, 0) is 6.54 Å². The van der Waals surface area contributed by atoms with Gasteiger partial charge in [0.05, 0.1) is 33.5 Å². The zero-order valence-electron chi connectivity index (χ0n) is 20.7. The van der Waals surface area contributed by atoms with Gasteiger partial charge in [0, 0.05) is 25.8 Å². The predicted molar refractivity (Wildman–Crippen MR) is 146 cm³/mol. The average molecular weight is 553 g/mol. The highest BCUT2D eigenvalue weighted by atomic mass is 35.5. The van der Waals surface area contributed by atoms with Crippen LogP contribution in [0.3, 0.4) is 0 Å². The minimum absolute atomic E-state index is 0.0109. The quantitative estimate of drug-likeness (QED) is 0.347. The summed E-state index contributed by atoms with van der Waals surface area (Å²) in [5.41, 5.74) is 2.60. The van der Waals surface area contributed by atoms with Gasteiger partial charge in [0.2, 0.25) is 0 Å². The van der Waals surface area contributed by atoms with Gasteiger partial charge in [0.25, 0.3) is 11.8 Å². The van der Waals surface area contributed by atoms with E-state index in [-0.39, 0.29) is 45.9 Å². The Bertz CT molecular complexity index is 1560. The number of pyridine rings is 2. The molecule has 38 heavy (non-hydrogen) atoms. The van der Waals surface area contributed by atoms with E-state index in [1.54, 1.807) is 29.9 Å². The van der Waals surface area contributed by atoms with Crippen molar-refractivity contribution in [3.63, 3.8) is 0 Å². The zero-order chi connectivity index (χ0) is 26.8. The largest absolute Gasteiger partial charge is 0.354 e. The summed E-state index contributed by atoms with van der Waals surface area (Å²) in [6, 6.07) is 12.5. The van der Waals surface area contributed by atoms with Crippen LogP contribution in [0.15, 0.2) is 59.7 Å². The number of aromatic nitrogens is 4. The maximum atomic E-state index is 13.6. The summed E-state index contributed by atoms with van der Waals surface area (Å²) >= 11 is 12.0. The highest BCUT2D eigenvalue weighted by Gasteiger charge is 2.26. The number of carbonyl (C=O) groups excluding carboxylic acids is 2. The molecule has 2 amide bonds. The van der Waals surface area contributed by atoms with E-state index in [0.29, 0.717) is 17.3 Å². The summed E-state index contributed by atoms with van der Waals surface area (Å²) in [6.45, 7) is 0.570. The summed E-state index contributed by atoms with van der Waals surface area (Å²) in [6.07, 6.45) is 6.25. The highest BCUT2D eigenvalue weighted by Crippen LogP contribution is 2.28. The molecule has 0 aliphatic heterocycles. The van der Waals surface area contributed by atoms with E-state index in [4.69, 9.17) is 23.2 Å². The summed E-state index contributed by atoms with van der Waals surface area (Å²) < 4.78 is 3.44. The number of nitrogens with zero attached hydrogens (tertiary/aromatic N) is 4. The molecule has 1 aromatic carbocycles. The van der Waals surface area contributed by atoms with Crippen molar-refractivity contribution in [2.24, 2.45) is 5.92 Å². The SMILES string of the molecule is CNC(=O)c1ccc(-n2c(=O)n(C[C@H]3CC[C@H](NC(=O)c4cc(Cl)cnc4Cl)CC3)c3ccccc32)cn1. The monoisotopic (exact) mass is 552 g/mol. The number of halogens is 2. The molecule has 5 rings (SSSR count). The van der Waals surface area contributed by atoms with E-state index in [9.17, 15) is 14.4 Å². The lowest BCUT2D eigenvalue weighted by atomic mass is 9.86. The Balaban J connectivity index is 1.31. The molecule has 0 unspecified atom stereocenters. The molecule has 196 valence electrons.